The lowest BCUT2D eigenvalue weighted by molar-refractivity contribution is 0.0940. The molecular weight excluding hydrogens is 531 g/mol. The molecular formula is C24H24Cl2N2O5S2. The molecule has 0 aliphatic carbocycles. The summed E-state index contributed by atoms with van der Waals surface area (Å²) in [6.07, 6.45) is 2.21. The highest BCUT2D eigenvalue weighted by molar-refractivity contribution is 7.92. The Morgan fingerprint density at radius 1 is 0.886 bits per heavy atom. The zero-order valence-corrected chi connectivity index (χ0v) is 22.3. The molecule has 3 rings (SSSR count). The van der Waals surface area contributed by atoms with E-state index in [0.717, 1.165) is 22.4 Å². The number of hydrogen-bond acceptors (Lipinski definition) is 5. The van der Waals surface area contributed by atoms with Gasteiger partial charge in [-0.25, -0.2) is 16.8 Å². The van der Waals surface area contributed by atoms with Crippen LogP contribution in [0.1, 0.15) is 34.5 Å². The zero-order valence-electron chi connectivity index (χ0n) is 19.2. The number of benzene rings is 3. The Morgan fingerprint density at radius 3 is 1.91 bits per heavy atom. The Bertz CT molecular complexity index is 1420. The lowest BCUT2D eigenvalue weighted by Gasteiger charge is -2.24. The van der Waals surface area contributed by atoms with E-state index in [1.54, 1.807) is 37.3 Å². The maximum Gasteiger partial charge on any atom is 0.251 e. The number of hydrogen-bond donors (Lipinski definition) is 1. The van der Waals surface area contributed by atoms with Crippen LogP contribution in [-0.2, 0) is 26.4 Å². The van der Waals surface area contributed by atoms with Crippen LogP contribution in [0.3, 0.4) is 0 Å². The topological polar surface area (TPSA) is 101 Å². The van der Waals surface area contributed by atoms with Gasteiger partial charge in [0.2, 0.25) is 10.0 Å². The Hall–Kier alpha value is -2.59. The van der Waals surface area contributed by atoms with E-state index in [9.17, 15) is 21.6 Å². The van der Waals surface area contributed by atoms with E-state index in [4.69, 9.17) is 23.2 Å². The number of nitrogens with one attached hydrogen (secondary N) is 1. The summed E-state index contributed by atoms with van der Waals surface area (Å²) in [4.78, 5) is 12.9. The maximum absolute atomic E-state index is 12.7. The molecule has 0 heterocycles. The van der Waals surface area contributed by atoms with Gasteiger partial charge < -0.3 is 5.32 Å². The van der Waals surface area contributed by atoms with Crippen LogP contribution in [0.25, 0.3) is 0 Å². The Morgan fingerprint density at radius 2 is 1.43 bits per heavy atom. The summed E-state index contributed by atoms with van der Waals surface area (Å²) >= 11 is 12.4. The fourth-order valence-electron chi connectivity index (χ4n) is 3.37. The van der Waals surface area contributed by atoms with Gasteiger partial charge in [0.1, 0.15) is 0 Å². The maximum atomic E-state index is 12.7. The molecule has 0 aliphatic heterocycles. The highest BCUT2D eigenvalue weighted by atomic mass is 35.5. The van der Waals surface area contributed by atoms with E-state index < -0.39 is 19.9 Å². The van der Waals surface area contributed by atoms with Crippen LogP contribution < -0.4 is 9.62 Å². The van der Waals surface area contributed by atoms with Crippen LogP contribution in [0, 0.1) is 0 Å². The van der Waals surface area contributed by atoms with Crippen molar-refractivity contribution >= 4 is 54.7 Å². The van der Waals surface area contributed by atoms with Crippen molar-refractivity contribution in [2.45, 2.75) is 24.4 Å². The molecule has 11 heteroatoms. The van der Waals surface area contributed by atoms with Gasteiger partial charge in [-0.1, -0.05) is 41.4 Å². The number of rotatable bonds is 8. The van der Waals surface area contributed by atoms with Crippen molar-refractivity contribution in [2.24, 2.45) is 0 Å². The van der Waals surface area contributed by atoms with E-state index >= 15 is 0 Å². The number of carbonyl (C=O) groups excluding carboxylic acids is 1. The van der Waals surface area contributed by atoms with Gasteiger partial charge in [0.25, 0.3) is 5.91 Å². The zero-order chi connectivity index (χ0) is 26.0. The summed E-state index contributed by atoms with van der Waals surface area (Å²) < 4.78 is 49.4. The highest BCUT2D eigenvalue weighted by Gasteiger charge is 2.21. The third-order valence-electron chi connectivity index (χ3n) is 5.34. The molecule has 1 amide bonds. The Labute approximate surface area is 215 Å². The summed E-state index contributed by atoms with van der Waals surface area (Å²) in [6.45, 7) is 1.71. The van der Waals surface area contributed by atoms with Gasteiger partial charge in [-0.15, -0.1) is 0 Å². The molecule has 1 N–H and O–H groups in total. The molecule has 0 saturated carbocycles. The minimum atomic E-state index is -3.68. The first-order chi connectivity index (χ1) is 16.3. The average Bonchev–Trinajstić information content (AvgIpc) is 2.77. The van der Waals surface area contributed by atoms with Gasteiger partial charge in [0.05, 0.1) is 29.4 Å². The molecule has 35 heavy (non-hydrogen) atoms. The number of halogens is 2. The fourth-order valence-corrected chi connectivity index (χ4v) is 5.39. The van der Waals surface area contributed by atoms with Crippen molar-refractivity contribution in [1.82, 2.24) is 5.32 Å². The van der Waals surface area contributed by atoms with Crippen LogP contribution in [-0.4, -0.2) is 35.3 Å². The van der Waals surface area contributed by atoms with Gasteiger partial charge in [-0.2, -0.15) is 0 Å². The Kier molecular flexibility index (Phi) is 8.16. The van der Waals surface area contributed by atoms with Crippen molar-refractivity contribution in [3.8, 4) is 0 Å². The second-order valence-electron chi connectivity index (χ2n) is 8.05. The number of nitrogens with zero attached hydrogens (tertiary/aromatic N) is 1. The third kappa shape index (κ3) is 6.76. The van der Waals surface area contributed by atoms with E-state index in [0.29, 0.717) is 26.9 Å². The molecule has 0 aliphatic rings. The minimum absolute atomic E-state index is 0.0661. The van der Waals surface area contributed by atoms with Crippen molar-refractivity contribution in [3.63, 3.8) is 0 Å². The monoisotopic (exact) mass is 554 g/mol. The predicted molar refractivity (Wildman–Crippen MR) is 139 cm³/mol. The smallest absolute Gasteiger partial charge is 0.251 e. The molecule has 0 saturated heterocycles. The lowest BCUT2D eigenvalue weighted by atomic mass is 10.1. The first kappa shape index (κ1) is 27.0. The van der Waals surface area contributed by atoms with E-state index in [1.807, 2.05) is 0 Å². The van der Waals surface area contributed by atoms with Crippen LogP contribution in [0.15, 0.2) is 71.6 Å². The summed E-state index contributed by atoms with van der Waals surface area (Å²) in [7, 11) is -6.99. The normalized spacial score (nSPS) is 12.7. The van der Waals surface area contributed by atoms with Crippen LogP contribution >= 0.6 is 23.2 Å². The van der Waals surface area contributed by atoms with Gasteiger partial charge >= 0.3 is 0 Å². The van der Waals surface area contributed by atoms with Crippen molar-refractivity contribution in [3.05, 3.63) is 93.5 Å². The molecule has 3 aromatic rings. The molecule has 0 radical (unpaired) electrons. The second kappa shape index (κ2) is 10.6. The highest BCUT2D eigenvalue weighted by Crippen LogP contribution is 2.29. The van der Waals surface area contributed by atoms with Crippen LogP contribution in [0.2, 0.25) is 10.0 Å². The molecule has 0 fully saturated rings. The molecule has 0 aromatic heterocycles. The quantitative estimate of drug-likeness (QED) is 0.428. The standard InChI is InChI=1S/C24H24Cl2N2O5S2/c1-16(17-9-13-20(14-10-17)34(2,30)31)27-24(29)18-7-11-19(12-8-18)28(35(3,32)33)15-21-22(25)5-4-6-23(21)26/h4-14,16H,15H2,1-3H3,(H,27,29)/t16-/m0/s1. The van der Waals surface area contributed by atoms with E-state index in [-0.39, 0.29) is 23.4 Å². The number of amides is 1. The van der Waals surface area contributed by atoms with E-state index in [2.05, 4.69) is 5.32 Å². The summed E-state index contributed by atoms with van der Waals surface area (Å²) in [5, 5.41) is 3.54. The summed E-state index contributed by atoms with van der Waals surface area (Å²) in [5.74, 6) is -0.365. The molecule has 1 atom stereocenters. The number of anilines is 1. The fraction of sp³-hybridized carbons (Fsp3) is 0.208. The Balaban J connectivity index is 1.77. The largest absolute Gasteiger partial charge is 0.346 e. The molecule has 0 unspecified atom stereocenters. The first-order valence-corrected chi connectivity index (χ1v) is 14.9. The second-order valence-corrected chi connectivity index (χ2v) is 12.8. The number of carbonyl (C=O) groups is 1. The molecule has 0 bridgehead atoms. The predicted octanol–water partition coefficient (Wildman–Crippen LogP) is 4.85. The van der Waals surface area contributed by atoms with Gasteiger partial charge in [-0.05, 0) is 61.0 Å². The third-order valence-corrected chi connectivity index (χ3v) is 8.31. The molecule has 7 nitrogen and oxygen atoms in total. The number of sulfonamides is 1. The summed E-state index contributed by atoms with van der Waals surface area (Å²) in [6, 6.07) is 17.0. The van der Waals surface area contributed by atoms with Gasteiger partial charge in [-0.3, -0.25) is 9.10 Å². The average molecular weight is 556 g/mol. The lowest BCUT2D eigenvalue weighted by Crippen LogP contribution is -2.30. The SMILES string of the molecule is C[C@H](NC(=O)c1ccc(N(Cc2c(Cl)cccc2Cl)S(C)(=O)=O)cc1)c1ccc(S(C)(=O)=O)cc1. The van der Waals surface area contributed by atoms with Crippen molar-refractivity contribution < 1.29 is 21.6 Å². The first-order valence-electron chi connectivity index (χ1n) is 10.4. The van der Waals surface area contributed by atoms with Crippen molar-refractivity contribution in [2.75, 3.05) is 16.8 Å². The van der Waals surface area contributed by atoms with Crippen LogP contribution in [0.4, 0.5) is 5.69 Å². The molecule has 0 spiro atoms. The number of sulfone groups is 1. The minimum Gasteiger partial charge on any atom is -0.346 e. The molecule has 3 aromatic carbocycles. The molecule has 186 valence electrons. The van der Waals surface area contributed by atoms with Crippen LogP contribution in [0.5, 0.6) is 0 Å². The van der Waals surface area contributed by atoms with Gasteiger partial charge in [0, 0.05) is 27.4 Å². The summed E-state index contributed by atoms with van der Waals surface area (Å²) in [5.41, 5.74) is 1.89. The van der Waals surface area contributed by atoms with Gasteiger partial charge in [0.15, 0.2) is 9.84 Å². The van der Waals surface area contributed by atoms with Crippen molar-refractivity contribution in [1.29, 1.82) is 0 Å². The van der Waals surface area contributed by atoms with E-state index in [1.165, 1.54) is 36.4 Å².